The fourth-order valence-electron chi connectivity index (χ4n) is 2.48. The van der Waals surface area contributed by atoms with Crippen LogP contribution in [0.15, 0.2) is 6.33 Å². The summed E-state index contributed by atoms with van der Waals surface area (Å²) in [4.78, 5) is 4.27. The van der Waals surface area contributed by atoms with Gasteiger partial charge < -0.3 is 5.11 Å². The molecule has 0 aromatic carbocycles. The molecule has 1 heterocycles. The molecule has 4 nitrogen and oxygen atoms in total. The molecule has 4 heteroatoms. The van der Waals surface area contributed by atoms with Crippen LogP contribution in [0, 0.1) is 5.92 Å². The fraction of sp³-hybridized carbons (Fsp3) is 0.857. The van der Waals surface area contributed by atoms with E-state index in [9.17, 15) is 5.11 Å². The molecule has 18 heavy (non-hydrogen) atoms. The highest BCUT2D eigenvalue weighted by atomic mass is 16.3. The number of nitrogens with zero attached hydrogens (tertiary/aromatic N) is 3. The minimum Gasteiger partial charge on any atom is -0.392 e. The van der Waals surface area contributed by atoms with Gasteiger partial charge in [-0.2, -0.15) is 5.10 Å². The Hall–Kier alpha value is -0.900. The van der Waals surface area contributed by atoms with E-state index >= 15 is 0 Å². The monoisotopic (exact) mass is 253 g/mol. The predicted molar refractivity (Wildman–Crippen MR) is 73.4 cm³/mol. The number of aliphatic hydroxyl groups excluding tert-OH is 1. The molecule has 0 spiro atoms. The van der Waals surface area contributed by atoms with E-state index in [1.807, 2.05) is 4.68 Å². The van der Waals surface area contributed by atoms with Gasteiger partial charge in [0.2, 0.25) is 0 Å². The van der Waals surface area contributed by atoms with Gasteiger partial charge in [-0.15, -0.1) is 0 Å². The summed E-state index contributed by atoms with van der Waals surface area (Å²) in [6.07, 6.45) is 6.32. The topological polar surface area (TPSA) is 50.9 Å². The van der Waals surface area contributed by atoms with E-state index in [-0.39, 0.29) is 6.10 Å². The molecule has 0 aliphatic heterocycles. The van der Waals surface area contributed by atoms with Crippen LogP contribution in [-0.4, -0.2) is 26.0 Å². The van der Waals surface area contributed by atoms with Crippen molar-refractivity contribution in [1.82, 2.24) is 14.8 Å². The second kappa shape index (κ2) is 7.52. The molecule has 0 amide bonds. The van der Waals surface area contributed by atoms with E-state index in [0.717, 1.165) is 31.5 Å². The standard InChI is InChI=1S/C14H27N3O/c1-5-7-12(8-6-2)13(18)9-14-15-10-16-17(14)11(3)4/h10-13,18H,5-9H2,1-4H3. The van der Waals surface area contributed by atoms with Crippen molar-refractivity contribution in [2.45, 2.75) is 71.9 Å². The van der Waals surface area contributed by atoms with Crippen molar-refractivity contribution in [3.8, 4) is 0 Å². The summed E-state index contributed by atoms with van der Waals surface area (Å²) >= 11 is 0. The largest absolute Gasteiger partial charge is 0.392 e. The second-order valence-corrected chi connectivity index (χ2v) is 5.32. The molecule has 1 rings (SSSR count). The number of aliphatic hydroxyl groups is 1. The number of hydrogen-bond acceptors (Lipinski definition) is 3. The second-order valence-electron chi connectivity index (χ2n) is 5.32. The lowest BCUT2D eigenvalue weighted by Crippen LogP contribution is -2.25. The normalized spacial score (nSPS) is 13.5. The van der Waals surface area contributed by atoms with E-state index in [1.165, 1.54) is 0 Å². The lowest BCUT2D eigenvalue weighted by molar-refractivity contribution is 0.0930. The average Bonchev–Trinajstić information content (AvgIpc) is 2.77. The van der Waals surface area contributed by atoms with Gasteiger partial charge in [0, 0.05) is 12.5 Å². The highest BCUT2D eigenvalue weighted by molar-refractivity contribution is 4.90. The third-order valence-electron chi connectivity index (χ3n) is 3.39. The third kappa shape index (κ3) is 4.09. The molecular formula is C14H27N3O. The molecule has 0 aliphatic rings. The van der Waals surface area contributed by atoms with E-state index in [0.29, 0.717) is 18.4 Å². The molecular weight excluding hydrogens is 226 g/mol. The molecule has 1 aromatic rings. The maximum atomic E-state index is 10.4. The summed E-state index contributed by atoms with van der Waals surface area (Å²) < 4.78 is 1.90. The Morgan fingerprint density at radius 2 is 1.83 bits per heavy atom. The van der Waals surface area contributed by atoms with Crippen LogP contribution in [0.1, 0.15) is 65.2 Å². The van der Waals surface area contributed by atoms with Crippen molar-refractivity contribution in [2.75, 3.05) is 0 Å². The Bertz CT molecular complexity index is 330. The van der Waals surface area contributed by atoms with Crippen molar-refractivity contribution >= 4 is 0 Å². The molecule has 0 radical (unpaired) electrons. The Morgan fingerprint density at radius 1 is 1.22 bits per heavy atom. The van der Waals surface area contributed by atoms with Crippen LogP contribution in [0.4, 0.5) is 0 Å². The van der Waals surface area contributed by atoms with Gasteiger partial charge in [0.15, 0.2) is 0 Å². The van der Waals surface area contributed by atoms with Crippen molar-refractivity contribution in [1.29, 1.82) is 0 Å². The van der Waals surface area contributed by atoms with Gasteiger partial charge in [-0.3, -0.25) is 0 Å². The van der Waals surface area contributed by atoms with Crippen LogP contribution in [0.25, 0.3) is 0 Å². The lowest BCUT2D eigenvalue weighted by atomic mass is 9.90. The SMILES string of the molecule is CCCC(CCC)C(O)Cc1ncnn1C(C)C. The predicted octanol–water partition coefficient (Wildman–Crippen LogP) is 2.98. The van der Waals surface area contributed by atoms with E-state index in [2.05, 4.69) is 37.8 Å². The smallest absolute Gasteiger partial charge is 0.138 e. The summed E-state index contributed by atoms with van der Waals surface area (Å²) in [6.45, 7) is 8.51. The summed E-state index contributed by atoms with van der Waals surface area (Å²) in [5.74, 6) is 1.28. The number of hydrogen-bond donors (Lipinski definition) is 1. The van der Waals surface area contributed by atoms with Crippen molar-refractivity contribution in [2.24, 2.45) is 5.92 Å². The summed E-state index contributed by atoms with van der Waals surface area (Å²) in [5, 5.41) is 14.6. The molecule has 1 aromatic heterocycles. The first-order chi connectivity index (χ1) is 8.60. The highest BCUT2D eigenvalue weighted by Crippen LogP contribution is 2.21. The quantitative estimate of drug-likeness (QED) is 0.775. The van der Waals surface area contributed by atoms with Crippen molar-refractivity contribution in [3.63, 3.8) is 0 Å². The Morgan fingerprint density at radius 3 is 2.33 bits per heavy atom. The van der Waals surface area contributed by atoms with Gasteiger partial charge in [-0.1, -0.05) is 26.7 Å². The molecule has 0 aliphatic carbocycles. The van der Waals surface area contributed by atoms with Gasteiger partial charge in [-0.25, -0.2) is 9.67 Å². The van der Waals surface area contributed by atoms with Crippen LogP contribution in [-0.2, 0) is 6.42 Å². The molecule has 104 valence electrons. The fourth-order valence-corrected chi connectivity index (χ4v) is 2.48. The Kier molecular flexibility index (Phi) is 6.33. The van der Waals surface area contributed by atoms with Gasteiger partial charge in [0.05, 0.1) is 6.10 Å². The molecule has 1 atom stereocenters. The van der Waals surface area contributed by atoms with Crippen molar-refractivity contribution in [3.05, 3.63) is 12.2 Å². The van der Waals surface area contributed by atoms with Gasteiger partial charge in [-0.05, 0) is 32.6 Å². The molecule has 0 saturated heterocycles. The van der Waals surface area contributed by atoms with Crippen LogP contribution >= 0.6 is 0 Å². The lowest BCUT2D eigenvalue weighted by Gasteiger charge is -2.22. The maximum absolute atomic E-state index is 10.4. The van der Waals surface area contributed by atoms with Gasteiger partial charge >= 0.3 is 0 Å². The molecule has 0 bridgehead atoms. The molecule has 0 saturated carbocycles. The van der Waals surface area contributed by atoms with Gasteiger partial charge in [0.25, 0.3) is 0 Å². The Labute approximate surface area is 110 Å². The van der Waals surface area contributed by atoms with E-state index in [4.69, 9.17) is 0 Å². The number of aromatic nitrogens is 3. The average molecular weight is 253 g/mol. The van der Waals surface area contributed by atoms with Crippen LogP contribution in [0.5, 0.6) is 0 Å². The zero-order valence-corrected chi connectivity index (χ0v) is 12.1. The van der Waals surface area contributed by atoms with E-state index < -0.39 is 0 Å². The minimum atomic E-state index is -0.299. The summed E-state index contributed by atoms with van der Waals surface area (Å²) in [6, 6.07) is 0.297. The highest BCUT2D eigenvalue weighted by Gasteiger charge is 2.20. The zero-order chi connectivity index (χ0) is 13.5. The van der Waals surface area contributed by atoms with E-state index in [1.54, 1.807) is 6.33 Å². The third-order valence-corrected chi connectivity index (χ3v) is 3.39. The maximum Gasteiger partial charge on any atom is 0.138 e. The minimum absolute atomic E-state index is 0.297. The first kappa shape index (κ1) is 15.2. The number of rotatable bonds is 8. The summed E-state index contributed by atoms with van der Waals surface area (Å²) in [7, 11) is 0. The zero-order valence-electron chi connectivity index (χ0n) is 12.1. The first-order valence-electron chi connectivity index (χ1n) is 7.16. The molecule has 1 unspecified atom stereocenters. The molecule has 1 N–H and O–H groups in total. The van der Waals surface area contributed by atoms with Crippen molar-refractivity contribution < 1.29 is 5.11 Å². The first-order valence-corrected chi connectivity index (χ1v) is 7.16. The van der Waals surface area contributed by atoms with Crippen LogP contribution in [0.2, 0.25) is 0 Å². The summed E-state index contributed by atoms with van der Waals surface area (Å²) in [5.41, 5.74) is 0. The Balaban J connectivity index is 2.66. The van der Waals surface area contributed by atoms with Crippen LogP contribution in [0.3, 0.4) is 0 Å². The molecule has 0 fully saturated rings. The van der Waals surface area contributed by atoms with Crippen LogP contribution < -0.4 is 0 Å². The van der Waals surface area contributed by atoms with Gasteiger partial charge in [0.1, 0.15) is 12.2 Å².